The van der Waals surface area contributed by atoms with E-state index in [0.29, 0.717) is 6.42 Å². The Morgan fingerprint density at radius 3 is 2.69 bits per heavy atom. The normalized spacial score (nSPS) is 18.0. The molecule has 0 radical (unpaired) electrons. The molecule has 3 nitrogen and oxygen atoms in total. The Morgan fingerprint density at radius 1 is 1.62 bits per heavy atom. The van der Waals surface area contributed by atoms with Crippen LogP contribution in [0, 0.1) is 11.8 Å². The zero-order valence-corrected chi connectivity index (χ0v) is 7.89. The third-order valence-electron chi connectivity index (χ3n) is 2.52. The van der Waals surface area contributed by atoms with Crippen molar-refractivity contribution in [3.8, 4) is 11.8 Å². The molecular formula is C10H15NO2. The van der Waals surface area contributed by atoms with E-state index in [4.69, 9.17) is 5.11 Å². The van der Waals surface area contributed by atoms with Gasteiger partial charge in [-0.15, -0.1) is 0 Å². The zero-order chi connectivity index (χ0) is 9.73. The summed E-state index contributed by atoms with van der Waals surface area (Å²) >= 11 is 0. The van der Waals surface area contributed by atoms with E-state index in [0.717, 1.165) is 19.3 Å². The van der Waals surface area contributed by atoms with E-state index in [2.05, 4.69) is 17.2 Å². The first-order chi connectivity index (χ1) is 6.22. The molecule has 0 aromatic rings. The molecule has 72 valence electrons. The van der Waals surface area contributed by atoms with Crippen LogP contribution in [0.15, 0.2) is 0 Å². The third kappa shape index (κ3) is 2.46. The Hall–Kier alpha value is -1.01. The van der Waals surface area contributed by atoms with Crippen LogP contribution in [0.1, 0.15) is 32.6 Å². The molecule has 0 atom stereocenters. The number of carbonyl (C=O) groups is 1. The van der Waals surface area contributed by atoms with Gasteiger partial charge in [-0.3, -0.25) is 4.79 Å². The van der Waals surface area contributed by atoms with Crippen molar-refractivity contribution in [3.63, 3.8) is 0 Å². The highest BCUT2D eigenvalue weighted by Crippen LogP contribution is 2.34. The number of aliphatic hydroxyl groups is 1. The standard InChI is InChI=1S/C10H15NO2/c1-2-4-9(13)11-10(7-8-12)5-3-6-10/h12H,3,5-8H2,1H3,(H,11,13). The Morgan fingerprint density at radius 2 is 2.31 bits per heavy atom. The highest BCUT2D eigenvalue weighted by atomic mass is 16.3. The molecule has 0 aromatic carbocycles. The Labute approximate surface area is 78.5 Å². The number of rotatable bonds is 3. The number of carbonyl (C=O) groups excluding carboxylic acids is 1. The number of aliphatic hydroxyl groups excluding tert-OH is 1. The van der Waals surface area contributed by atoms with Crippen LogP contribution in [-0.4, -0.2) is 23.2 Å². The molecule has 1 rings (SSSR count). The molecule has 2 N–H and O–H groups in total. The van der Waals surface area contributed by atoms with Crippen molar-refractivity contribution in [2.75, 3.05) is 6.61 Å². The monoisotopic (exact) mass is 181 g/mol. The van der Waals surface area contributed by atoms with Crippen LogP contribution in [-0.2, 0) is 4.79 Å². The molecule has 3 heteroatoms. The third-order valence-corrected chi connectivity index (χ3v) is 2.52. The molecule has 1 fully saturated rings. The summed E-state index contributed by atoms with van der Waals surface area (Å²) in [6.45, 7) is 1.76. The predicted octanol–water partition coefficient (Wildman–Crippen LogP) is 0.431. The summed E-state index contributed by atoms with van der Waals surface area (Å²) in [5.74, 6) is 4.78. The Bertz CT molecular complexity index is 245. The summed E-state index contributed by atoms with van der Waals surface area (Å²) < 4.78 is 0. The lowest BCUT2D eigenvalue weighted by atomic mass is 9.74. The topological polar surface area (TPSA) is 49.3 Å². The van der Waals surface area contributed by atoms with Crippen LogP contribution in [0.2, 0.25) is 0 Å². The van der Waals surface area contributed by atoms with Crippen LogP contribution in [0.25, 0.3) is 0 Å². The van der Waals surface area contributed by atoms with E-state index in [-0.39, 0.29) is 18.1 Å². The molecule has 0 heterocycles. The molecule has 0 unspecified atom stereocenters. The summed E-state index contributed by atoms with van der Waals surface area (Å²) in [6.07, 6.45) is 3.69. The molecule has 0 aliphatic heterocycles. The van der Waals surface area contributed by atoms with Gasteiger partial charge < -0.3 is 10.4 Å². The molecule has 13 heavy (non-hydrogen) atoms. The number of hydrogen-bond donors (Lipinski definition) is 2. The fourth-order valence-electron chi connectivity index (χ4n) is 1.64. The van der Waals surface area contributed by atoms with Crippen molar-refractivity contribution < 1.29 is 9.90 Å². The Balaban J connectivity index is 2.46. The van der Waals surface area contributed by atoms with Crippen molar-refractivity contribution in [1.82, 2.24) is 5.32 Å². The van der Waals surface area contributed by atoms with Crippen molar-refractivity contribution >= 4 is 5.91 Å². The van der Waals surface area contributed by atoms with Gasteiger partial charge in [0.25, 0.3) is 5.91 Å². The van der Waals surface area contributed by atoms with E-state index in [1.54, 1.807) is 6.92 Å². The van der Waals surface area contributed by atoms with Gasteiger partial charge in [0.05, 0.1) is 0 Å². The first-order valence-corrected chi connectivity index (χ1v) is 4.58. The highest BCUT2D eigenvalue weighted by Gasteiger charge is 2.37. The predicted molar refractivity (Wildman–Crippen MR) is 49.9 cm³/mol. The van der Waals surface area contributed by atoms with E-state index < -0.39 is 0 Å². The van der Waals surface area contributed by atoms with Crippen LogP contribution < -0.4 is 5.32 Å². The lowest BCUT2D eigenvalue weighted by Gasteiger charge is -2.41. The summed E-state index contributed by atoms with van der Waals surface area (Å²) in [5.41, 5.74) is -0.157. The SMILES string of the molecule is CC#CC(=O)NC1(CCO)CCC1. The first kappa shape index (κ1) is 10.1. The second-order valence-electron chi connectivity index (χ2n) is 3.44. The van der Waals surface area contributed by atoms with Crippen LogP contribution in [0.5, 0.6) is 0 Å². The van der Waals surface area contributed by atoms with Crippen LogP contribution in [0.3, 0.4) is 0 Å². The average molecular weight is 181 g/mol. The summed E-state index contributed by atoms with van der Waals surface area (Å²) in [5, 5.41) is 11.7. The zero-order valence-electron chi connectivity index (χ0n) is 7.89. The quantitative estimate of drug-likeness (QED) is 0.620. The smallest absolute Gasteiger partial charge is 0.296 e. The van der Waals surface area contributed by atoms with Crippen molar-refractivity contribution in [1.29, 1.82) is 0 Å². The molecule has 1 aliphatic carbocycles. The average Bonchev–Trinajstić information content (AvgIpc) is 2.01. The van der Waals surface area contributed by atoms with E-state index in [9.17, 15) is 4.79 Å². The Kier molecular flexibility index (Phi) is 3.32. The van der Waals surface area contributed by atoms with Gasteiger partial charge in [-0.1, -0.05) is 5.92 Å². The fraction of sp³-hybridized carbons (Fsp3) is 0.700. The molecular weight excluding hydrogens is 166 g/mol. The van der Waals surface area contributed by atoms with Crippen molar-refractivity contribution in [3.05, 3.63) is 0 Å². The first-order valence-electron chi connectivity index (χ1n) is 4.58. The lowest BCUT2D eigenvalue weighted by Crippen LogP contribution is -2.53. The summed E-state index contributed by atoms with van der Waals surface area (Å²) in [4.78, 5) is 11.2. The van der Waals surface area contributed by atoms with Gasteiger partial charge in [0.15, 0.2) is 0 Å². The molecule has 0 bridgehead atoms. The van der Waals surface area contributed by atoms with E-state index >= 15 is 0 Å². The van der Waals surface area contributed by atoms with Gasteiger partial charge in [-0.25, -0.2) is 0 Å². The minimum absolute atomic E-state index is 0.125. The maximum Gasteiger partial charge on any atom is 0.296 e. The summed E-state index contributed by atoms with van der Waals surface area (Å²) in [7, 11) is 0. The van der Waals surface area contributed by atoms with Gasteiger partial charge in [-0.2, -0.15) is 0 Å². The van der Waals surface area contributed by atoms with Gasteiger partial charge in [0.2, 0.25) is 0 Å². The molecule has 1 aliphatic rings. The minimum atomic E-state index is -0.226. The minimum Gasteiger partial charge on any atom is -0.396 e. The maximum absolute atomic E-state index is 11.2. The van der Waals surface area contributed by atoms with Gasteiger partial charge in [0, 0.05) is 12.1 Å². The van der Waals surface area contributed by atoms with Crippen LogP contribution in [0.4, 0.5) is 0 Å². The van der Waals surface area contributed by atoms with Gasteiger partial charge in [-0.05, 0) is 38.5 Å². The molecule has 1 saturated carbocycles. The van der Waals surface area contributed by atoms with Crippen LogP contribution >= 0.6 is 0 Å². The fourth-order valence-corrected chi connectivity index (χ4v) is 1.64. The molecule has 0 saturated heterocycles. The largest absolute Gasteiger partial charge is 0.396 e. The highest BCUT2D eigenvalue weighted by molar-refractivity contribution is 5.94. The van der Waals surface area contributed by atoms with Gasteiger partial charge in [0.1, 0.15) is 0 Å². The molecule has 0 aromatic heterocycles. The van der Waals surface area contributed by atoms with E-state index in [1.165, 1.54) is 0 Å². The maximum atomic E-state index is 11.2. The second-order valence-corrected chi connectivity index (χ2v) is 3.44. The number of amides is 1. The van der Waals surface area contributed by atoms with Crippen molar-refractivity contribution in [2.24, 2.45) is 0 Å². The number of hydrogen-bond acceptors (Lipinski definition) is 2. The molecule has 0 spiro atoms. The second kappa shape index (κ2) is 4.29. The summed E-state index contributed by atoms with van der Waals surface area (Å²) in [6, 6.07) is 0. The van der Waals surface area contributed by atoms with E-state index in [1.807, 2.05) is 0 Å². The lowest BCUT2D eigenvalue weighted by molar-refractivity contribution is -0.118. The van der Waals surface area contributed by atoms with Crippen molar-refractivity contribution in [2.45, 2.75) is 38.1 Å². The van der Waals surface area contributed by atoms with Gasteiger partial charge >= 0.3 is 0 Å². The molecule has 1 amide bonds. The number of nitrogens with one attached hydrogen (secondary N) is 1.